The molecular weight excluding hydrogens is 300 g/mol. The lowest BCUT2D eigenvalue weighted by molar-refractivity contribution is 0.516. The number of benzene rings is 1. The Hall–Kier alpha value is -1.61. The summed E-state index contributed by atoms with van der Waals surface area (Å²) in [6, 6.07) is 12.4. The molecule has 0 amide bonds. The molecule has 3 heteroatoms. The molecular formula is C16H17BrN2. The Labute approximate surface area is 122 Å². The number of nitrogens with zero attached hydrogens (tertiary/aromatic N) is 2. The van der Waals surface area contributed by atoms with Crippen LogP contribution in [0.15, 0.2) is 59.0 Å². The summed E-state index contributed by atoms with van der Waals surface area (Å²) in [5, 5.41) is 0. The first kappa shape index (κ1) is 13.8. The molecule has 0 spiro atoms. The molecule has 0 N–H and O–H groups in total. The van der Waals surface area contributed by atoms with Gasteiger partial charge in [-0.15, -0.1) is 0 Å². The second-order valence-corrected chi connectivity index (χ2v) is 5.52. The Morgan fingerprint density at radius 3 is 2.26 bits per heavy atom. The third-order valence-electron chi connectivity index (χ3n) is 3.12. The van der Waals surface area contributed by atoms with Crippen LogP contribution in [0, 0.1) is 0 Å². The van der Waals surface area contributed by atoms with Crippen LogP contribution in [0.25, 0.3) is 5.57 Å². The zero-order valence-corrected chi connectivity index (χ0v) is 13.0. The number of pyridine rings is 1. The Morgan fingerprint density at radius 2 is 1.74 bits per heavy atom. The van der Waals surface area contributed by atoms with Crippen LogP contribution >= 0.6 is 15.9 Å². The maximum absolute atomic E-state index is 4.23. The standard InChI is InChI=1S/C16H17BrN2/c1-12(19(2)3)16(14-5-4-10-18-11-14)13-6-8-15(17)9-7-13/h4-11H,1-3H3/b16-12+. The molecule has 0 atom stereocenters. The first-order valence-electron chi connectivity index (χ1n) is 6.14. The van der Waals surface area contributed by atoms with E-state index >= 15 is 0 Å². The highest BCUT2D eigenvalue weighted by Crippen LogP contribution is 2.28. The summed E-state index contributed by atoms with van der Waals surface area (Å²) in [6.07, 6.45) is 3.71. The van der Waals surface area contributed by atoms with Crippen LogP contribution < -0.4 is 0 Å². The number of halogens is 1. The van der Waals surface area contributed by atoms with Crippen molar-refractivity contribution in [1.82, 2.24) is 9.88 Å². The summed E-state index contributed by atoms with van der Waals surface area (Å²) in [5.41, 5.74) is 4.76. The van der Waals surface area contributed by atoms with Gasteiger partial charge in [0.2, 0.25) is 0 Å². The molecule has 2 rings (SSSR count). The number of hydrogen-bond donors (Lipinski definition) is 0. The Morgan fingerprint density at radius 1 is 1.05 bits per heavy atom. The summed E-state index contributed by atoms with van der Waals surface area (Å²) < 4.78 is 1.09. The van der Waals surface area contributed by atoms with Crippen LogP contribution in [0.2, 0.25) is 0 Å². The lowest BCUT2D eigenvalue weighted by Gasteiger charge is -2.19. The van der Waals surface area contributed by atoms with Gasteiger partial charge in [-0.1, -0.05) is 34.1 Å². The predicted octanol–water partition coefficient (Wildman–Crippen LogP) is 4.19. The van der Waals surface area contributed by atoms with E-state index in [0.717, 1.165) is 10.0 Å². The van der Waals surface area contributed by atoms with Crippen molar-refractivity contribution >= 4 is 21.5 Å². The van der Waals surface area contributed by atoms with Gasteiger partial charge in [-0.05, 0) is 30.7 Å². The average Bonchev–Trinajstić information content (AvgIpc) is 2.42. The summed E-state index contributed by atoms with van der Waals surface area (Å²) in [5.74, 6) is 0. The molecule has 19 heavy (non-hydrogen) atoms. The summed E-state index contributed by atoms with van der Waals surface area (Å²) in [4.78, 5) is 6.36. The zero-order chi connectivity index (χ0) is 13.8. The van der Waals surface area contributed by atoms with Crippen molar-refractivity contribution in [2.45, 2.75) is 6.92 Å². The normalized spacial score (nSPS) is 12.0. The van der Waals surface area contributed by atoms with Crippen LogP contribution in [0.5, 0.6) is 0 Å². The van der Waals surface area contributed by atoms with E-state index in [1.165, 1.54) is 16.8 Å². The molecule has 1 aromatic heterocycles. The maximum Gasteiger partial charge on any atom is 0.0347 e. The molecule has 0 bridgehead atoms. The molecule has 98 valence electrons. The zero-order valence-electron chi connectivity index (χ0n) is 11.4. The number of hydrogen-bond acceptors (Lipinski definition) is 2. The third-order valence-corrected chi connectivity index (χ3v) is 3.64. The van der Waals surface area contributed by atoms with Gasteiger partial charge in [0.15, 0.2) is 0 Å². The van der Waals surface area contributed by atoms with E-state index in [9.17, 15) is 0 Å². The first-order valence-corrected chi connectivity index (χ1v) is 6.93. The number of rotatable bonds is 3. The highest BCUT2D eigenvalue weighted by molar-refractivity contribution is 9.10. The van der Waals surface area contributed by atoms with Crippen molar-refractivity contribution in [3.8, 4) is 0 Å². The fourth-order valence-corrected chi connectivity index (χ4v) is 2.20. The van der Waals surface area contributed by atoms with E-state index in [2.05, 4.69) is 77.2 Å². The molecule has 0 unspecified atom stereocenters. The molecule has 0 aliphatic heterocycles. The minimum Gasteiger partial charge on any atom is -0.381 e. The molecule has 2 nitrogen and oxygen atoms in total. The molecule has 0 fully saturated rings. The largest absolute Gasteiger partial charge is 0.381 e. The van der Waals surface area contributed by atoms with Gasteiger partial charge in [0.05, 0.1) is 0 Å². The second kappa shape index (κ2) is 6.02. The predicted molar refractivity (Wildman–Crippen MR) is 83.8 cm³/mol. The highest BCUT2D eigenvalue weighted by atomic mass is 79.9. The van der Waals surface area contributed by atoms with Gasteiger partial charge < -0.3 is 4.90 Å². The molecule has 1 aromatic carbocycles. The average molecular weight is 317 g/mol. The van der Waals surface area contributed by atoms with E-state index in [0.29, 0.717) is 0 Å². The smallest absolute Gasteiger partial charge is 0.0347 e. The van der Waals surface area contributed by atoms with E-state index in [-0.39, 0.29) is 0 Å². The first-order chi connectivity index (χ1) is 9.09. The van der Waals surface area contributed by atoms with Crippen LogP contribution in [0.4, 0.5) is 0 Å². The van der Waals surface area contributed by atoms with E-state index < -0.39 is 0 Å². The maximum atomic E-state index is 4.23. The fourth-order valence-electron chi connectivity index (χ4n) is 1.94. The quantitative estimate of drug-likeness (QED) is 0.844. The minimum atomic E-state index is 1.09. The minimum absolute atomic E-state index is 1.09. The lowest BCUT2D eigenvalue weighted by atomic mass is 9.97. The molecule has 0 radical (unpaired) electrons. The number of aromatic nitrogens is 1. The SMILES string of the molecule is C/C(=C(/c1ccc(Br)cc1)c1cccnc1)N(C)C. The van der Waals surface area contributed by atoms with Gasteiger partial charge in [0.1, 0.15) is 0 Å². The monoisotopic (exact) mass is 316 g/mol. The molecule has 0 aliphatic carbocycles. The van der Waals surface area contributed by atoms with E-state index in [1.54, 1.807) is 6.20 Å². The van der Waals surface area contributed by atoms with Crippen molar-refractivity contribution in [2.24, 2.45) is 0 Å². The van der Waals surface area contributed by atoms with Gasteiger partial charge >= 0.3 is 0 Å². The Bertz CT molecular complexity index is 571. The Kier molecular flexibility index (Phi) is 4.38. The van der Waals surface area contributed by atoms with Crippen molar-refractivity contribution in [2.75, 3.05) is 14.1 Å². The third kappa shape index (κ3) is 3.24. The highest BCUT2D eigenvalue weighted by Gasteiger charge is 2.10. The van der Waals surface area contributed by atoms with Crippen molar-refractivity contribution in [1.29, 1.82) is 0 Å². The van der Waals surface area contributed by atoms with Gasteiger partial charge in [-0.3, -0.25) is 4.98 Å². The van der Waals surface area contributed by atoms with E-state index in [1.807, 2.05) is 12.3 Å². The Balaban J connectivity index is 2.59. The summed E-state index contributed by atoms with van der Waals surface area (Å²) >= 11 is 3.48. The van der Waals surface area contributed by atoms with Crippen LogP contribution in [-0.4, -0.2) is 24.0 Å². The second-order valence-electron chi connectivity index (χ2n) is 4.60. The van der Waals surface area contributed by atoms with Gasteiger partial charge in [-0.25, -0.2) is 0 Å². The van der Waals surface area contributed by atoms with Crippen LogP contribution in [-0.2, 0) is 0 Å². The summed E-state index contributed by atoms with van der Waals surface area (Å²) in [7, 11) is 4.12. The van der Waals surface area contributed by atoms with E-state index in [4.69, 9.17) is 0 Å². The lowest BCUT2D eigenvalue weighted by Crippen LogP contribution is -2.11. The van der Waals surface area contributed by atoms with Crippen LogP contribution in [0.1, 0.15) is 18.1 Å². The molecule has 2 aromatic rings. The van der Waals surface area contributed by atoms with Gasteiger partial charge in [0.25, 0.3) is 0 Å². The van der Waals surface area contributed by atoms with Gasteiger partial charge in [-0.2, -0.15) is 0 Å². The molecule has 0 saturated carbocycles. The fraction of sp³-hybridized carbons (Fsp3) is 0.188. The van der Waals surface area contributed by atoms with Gasteiger partial charge in [0, 0.05) is 47.8 Å². The topological polar surface area (TPSA) is 16.1 Å². The van der Waals surface area contributed by atoms with Crippen molar-refractivity contribution in [3.63, 3.8) is 0 Å². The molecule has 0 saturated heterocycles. The molecule has 0 aliphatic rings. The summed E-state index contributed by atoms with van der Waals surface area (Å²) in [6.45, 7) is 2.13. The van der Waals surface area contributed by atoms with Crippen LogP contribution in [0.3, 0.4) is 0 Å². The van der Waals surface area contributed by atoms with Crippen molar-refractivity contribution in [3.05, 3.63) is 70.1 Å². The number of allylic oxidation sites excluding steroid dienone is 1. The molecule has 1 heterocycles. The van der Waals surface area contributed by atoms with Crippen molar-refractivity contribution < 1.29 is 0 Å².